The molecule has 0 aliphatic rings. The first-order valence-corrected chi connectivity index (χ1v) is 13.6. The van der Waals surface area contributed by atoms with Gasteiger partial charge in [0.1, 0.15) is 0 Å². The van der Waals surface area contributed by atoms with E-state index in [-0.39, 0.29) is 0 Å². The quantitative estimate of drug-likeness (QED) is 0.205. The standard InChI is InChI=1S/C36H24BrN/c37-34-15-6-4-13-31(34)29-19-22-33-32-14-5-7-16-35(32)38(36(33)24-29)30-20-17-26(18-21-30)28-12-8-11-27(23-28)25-9-2-1-3-10-25/h1-24H. The van der Waals surface area contributed by atoms with Crippen LogP contribution in [0.5, 0.6) is 0 Å². The van der Waals surface area contributed by atoms with Crippen molar-refractivity contribution in [2.24, 2.45) is 0 Å². The van der Waals surface area contributed by atoms with Crippen LogP contribution < -0.4 is 0 Å². The summed E-state index contributed by atoms with van der Waals surface area (Å²) in [6.45, 7) is 0. The number of halogens is 1. The smallest absolute Gasteiger partial charge is 0.0547 e. The van der Waals surface area contributed by atoms with Gasteiger partial charge in [0.05, 0.1) is 11.0 Å². The van der Waals surface area contributed by atoms with Gasteiger partial charge in [0, 0.05) is 20.9 Å². The van der Waals surface area contributed by atoms with Crippen LogP contribution in [0.15, 0.2) is 150 Å². The van der Waals surface area contributed by atoms with Crippen molar-refractivity contribution in [3.05, 3.63) is 150 Å². The van der Waals surface area contributed by atoms with Crippen LogP contribution in [0.2, 0.25) is 0 Å². The number of benzene rings is 6. The van der Waals surface area contributed by atoms with E-state index in [1.165, 1.54) is 55.2 Å². The van der Waals surface area contributed by atoms with E-state index in [9.17, 15) is 0 Å². The van der Waals surface area contributed by atoms with E-state index in [1.807, 2.05) is 0 Å². The zero-order chi connectivity index (χ0) is 25.5. The van der Waals surface area contributed by atoms with Crippen molar-refractivity contribution >= 4 is 37.7 Å². The Morgan fingerprint density at radius 2 is 1.00 bits per heavy atom. The molecule has 1 aromatic heterocycles. The second-order valence-corrected chi connectivity index (χ2v) is 10.4. The Kier molecular flexibility index (Phi) is 5.68. The Labute approximate surface area is 230 Å². The van der Waals surface area contributed by atoms with Gasteiger partial charge in [-0.2, -0.15) is 0 Å². The van der Waals surface area contributed by atoms with Gasteiger partial charge in [-0.05, 0) is 69.8 Å². The fourth-order valence-corrected chi connectivity index (χ4v) is 5.94. The summed E-state index contributed by atoms with van der Waals surface area (Å²) in [6.07, 6.45) is 0. The molecule has 6 aromatic carbocycles. The molecule has 0 amide bonds. The third-order valence-electron chi connectivity index (χ3n) is 7.29. The summed E-state index contributed by atoms with van der Waals surface area (Å²) >= 11 is 3.74. The lowest BCUT2D eigenvalue weighted by atomic mass is 9.99. The molecule has 0 atom stereocenters. The van der Waals surface area contributed by atoms with Gasteiger partial charge in [0.2, 0.25) is 0 Å². The molecule has 0 unspecified atom stereocenters. The maximum Gasteiger partial charge on any atom is 0.0547 e. The molecule has 0 saturated carbocycles. The SMILES string of the molecule is Brc1ccccc1-c1ccc2c3ccccc3n(-c3ccc(-c4cccc(-c5ccccc5)c4)cc3)c2c1. The Morgan fingerprint density at radius 3 is 1.79 bits per heavy atom. The van der Waals surface area contributed by atoms with Crippen molar-refractivity contribution < 1.29 is 0 Å². The van der Waals surface area contributed by atoms with E-state index in [0.717, 1.165) is 10.2 Å². The van der Waals surface area contributed by atoms with Crippen LogP contribution in [-0.2, 0) is 0 Å². The minimum atomic E-state index is 1.10. The molecular formula is C36H24BrN. The molecule has 0 aliphatic heterocycles. The number of para-hydroxylation sites is 1. The molecule has 0 N–H and O–H groups in total. The summed E-state index contributed by atoms with van der Waals surface area (Å²) in [4.78, 5) is 0. The highest BCUT2D eigenvalue weighted by Gasteiger charge is 2.14. The van der Waals surface area contributed by atoms with Gasteiger partial charge >= 0.3 is 0 Å². The fourth-order valence-electron chi connectivity index (χ4n) is 5.42. The lowest BCUT2D eigenvalue weighted by Crippen LogP contribution is -1.94. The van der Waals surface area contributed by atoms with Gasteiger partial charge in [0.15, 0.2) is 0 Å². The van der Waals surface area contributed by atoms with E-state index in [1.54, 1.807) is 0 Å². The van der Waals surface area contributed by atoms with Crippen LogP contribution in [0, 0.1) is 0 Å². The van der Waals surface area contributed by atoms with Crippen LogP contribution in [0.4, 0.5) is 0 Å². The van der Waals surface area contributed by atoms with Crippen LogP contribution in [0.1, 0.15) is 0 Å². The van der Waals surface area contributed by atoms with Crippen LogP contribution in [0.25, 0.3) is 60.9 Å². The molecule has 0 bridgehead atoms. The molecule has 1 heterocycles. The minimum absolute atomic E-state index is 1.10. The van der Waals surface area contributed by atoms with Crippen LogP contribution in [0.3, 0.4) is 0 Å². The number of hydrogen-bond acceptors (Lipinski definition) is 0. The monoisotopic (exact) mass is 549 g/mol. The fraction of sp³-hybridized carbons (Fsp3) is 0. The van der Waals surface area contributed by atoms with Crippen molar-refractivity contribution in [1.29, 1.82) is 0 Å². The van der Waals surface area contributed by atoms with Crippen LogP contribution in [-0.4, -0.2) is 4.57 Å². The first kappa shape index (κ1) is 22.8. The summed E-state index contributed by atoms with van der Waals surface area (Å²) in [5.74, 6) is 0. The van der Waals surface area contributed by atoms with Crippen molar-refractivity contribution in [3.8, 4) is 39.1 Å². The number of aromatic nitrogens is 1. The van der Waals surface area contributed by atoms with E-state index in [2.05, 4.69) is 166 Å². The molecule has 0 fully saturated rings. The molecule has 180 valence electrons. The Balaban J connectivity index is 1.35. The number of hydrogen-bond donors (Lipinski definition) is 0. The second-order valence-electron chi connectivity index (χ2n) is 9.56. The van der Waals surface area contributed by atoms with Gasteiger partial charge in [-0.25, -0.2) is 0 Å². The number of fused-ring (bicyclic) bond motifs is 3. The van der Waals surface area contributed by atoms with Gasteiger partial charge in [-0.1, -0.05) is 125 Å². The normalized spacial score (nSPS) is 11.3. The average molecular weight is 550 g/mol. The zero-order valence-corrected chi connectivity index (χ0v) is 22.3. The van der Waals surface area contributed by atoms with Crippen molar-refractivity contribution in [3.63, 3.8) is 0 Å². The molecular weight excluding hydrogens is 526 g/mol. The van der Waals surface area contributed by atoms with Gasteiger partial charge in [-0.15, -0.1) is 0 Å². The Hall–Kier alpha value is -4.40. The molecule has 0 spiro atoms. The molecule has 0 saturated heterocycles. The number of rotatable bonds is 4. The topological polar surface area (TPSA) is 4.93 Å². The summed E-state index contributed by atoms with van der Waals surface area (Å²) in [7, 11) is 0. The molecule has 2 heteroatoms. The predicted molar refractivity (Wildman–Crippen MR) is 165 cm³/mol. The second kappa shape index (κ2) is 9.48. The van der Waals surface area contributed by atoms with E-state index >= 15 is 0 Å². The lowest BCUT2D eigenvalue weighted by molar-refractivity contribution is 1.18. The van der Waals surface area contributed by atoms with Crippen molar-refractivity contribution in [1.82, 2.24) is 4.57 Å². The van der Waals surface area contributed by atoms with Crippen molar-refractivity contribution in [2.45, 2.75) is 0 Å². The number of nitrogens with zero attached hydrogens (tertiary/aromatic N) is 1. The van der Waals surface area contributed by atoms with Gasteiger partial charge in [0.25, 0.3) is 0 Å². The maximum absolute atomic E-state index is 3.74. The Morgan fingerprint density at radius 1 is 0.395 bits per heavy atom. The third kappa shape index (κ3) is 3.95. The average Bonchev–Trinajstić information content (AvgIpc) is 3.32. The highest BCUT2D eigenvalue weighted by atomic mass is 79.9. The highest BCUT2D eigenvalue weighted by molar-refractivity contribution is 9.10. The summed E-state index contributed by atoms with van der Waals surface area (Å²) in [6, 6.07) is 52.1. The van der Waals surface area contributed by atoms with E-state index < -0.39 is 0 Å². The lowest BCUT2D eigenvalue weighted by Gasteiger charge is -2.11. The van der Waals surface area contributed by atoms with Gasteiger partial charge < -0.3 is 4.57 Å². The third-order valence-corrected chi connectivity index (χ3v) is 7.98. The summed E-state index contributed by atoms with van der Waals surface area (Å²) < 4.78 is 3.49. The van der Waals surface area contributed by atoms with Gasteiger partial charge in [-0.3, -0.25) is 0 Å². The largest absolute Gasteiger partial charge is 0.309 e. The molecule has 0 aliphatic carbocycles. The van der Waals surface area contributed by atoms with Crippen molar-refractivity contribution in [2.75, 3.05) is 0 Å². The summed E-state index contributed by atoms with van der Waals surface area (Å²) in [5, 5.41) is 2.52. The van der Waals surface area contributed by atoms with E-state index in [4.69, 9.17) is 0 Å². The molecule has 1 nitrogen and oxygen atoms in total. The van der Waals surface area contributed by atoms with E-state index in [0.29, 0.717) is 0 Å². The first-order valence-electron chi connectivity index (χ1n) is 12.8. The first-order chi connectivity index (χ1) is 18.8. The summed E-state index contributed by atoms with van der Waals surface area (Å²) in [5.41, 5.74) is 10.9. The molecule has 7 rings (SSSR count). The molecule has 7 aromatic rings. The minimum Gasteiger partial charge on any atom is -0.309 e. The zero-order valence-electron chi connectivity index (χ0n) is 20.7. The maximum atomic E-state index is 3.74. The molecule has 0 radical (unpaired) electrons. The Bertz CT molecular complexity index is 1910. The predicted octanol–water partition coefficient (Wildman–Crippen LogP) is 10.5. The molecule has 38 heavy (non-hydrogen) atoms. The highest BCUT2D eigenvalue weighted by Crippen LogP contribution is 2.37. The van der Waals surface area contributed by atoms with Crippen LogP contribution >= 0.6 is 15.9 Å².